The van der Waals surface area contributed by atoms with E-state index >= 15 is 0 Å². The van der Waals surface area contributed by atoms with Crippen LogP contribution < -0.4 is 10.2 Å². The van der Waals surface area contributed by atoms with Crippen molar-refractivity contribution >= 4 is 23.3 Å². The van der Waals surface area contributed by atoms with Gasteiger partial charge in [-0.15, -0.1) is 0 Å². The monoisotopic (exact) mass is 357 g/mol. The molecule has 0 atom stereocenters. The van der Waals surface area contributed by atoms with E-state index in [0.29, 0.717) is 11.6 Å². The van der Waals surface area contributed by atoms with Crippen LogP contribution in [-0.2, 0) is 9.59 Å². The van der Waals surface area contributed by atoms with Crippen molar-refractivity contribution in [2.45, 2.75) is 53.4 Å². The molecule has 0 aliphatic heterocycles. The van der Waals surface area contributed by atoms with Gasteiger partial charge in [0, 0.05) is 18.7 Å². The van der Waals surface area contributed by atoms with Gasteiger partial charge in [-0.3, -0.25) is 14.5 Å². The van der Waals surface area contributed by atoms with Gasteiger partial charge in [0.2, 0.25) is 11.8 Å². The van der Waals surface area contributed by atoms with E-state index < -0.39 is 0 Å². The molecule has 0 saturated carbocycles. The van der Waals surface area contributed by atoms with Crippen LogP contribution >= 0.6 is 0 Å². The van der Waals surface area contributed by atoms with Crippen molar-refractivity contribution in [1.82, 2.24) is 5.16 Å². The van der Waals surface area contributed by atoms with E-state index in [-0.39, 0.29) is 30.2 Å². The molecular formula is C20H27N3O3. The molecule has 0 aliphatic rings. The van der Waals surface area contributed by atoms with E-state index in [4.69, 9.17) is 4.52 Å². The summed E-state index contributed by atoms with van der Waals surface area (Å²) in [5, 5.41) is 6.85. The van der Waals surface area contributed by atoms with Crippen LogP contribution in [-0.4, -0.2) is 23.5 Å². The Balaban J connectivity index is 2.27. The molecule has 2 rings (SSSR count). The van der Waals surface area contributed by atoms with Crippen LogP contribution in [0.3, 0.4) is 0 Å². The lowest BCUT2D eigenvalue weighted by molar-refractivity contribution is -0.120. The van der Waals surface area contributed by atoms with Crippen molar-refractivity contribution in [2.24, 2.45) is 0 Å². The zero-order chi connectivity index (χ0) is 19.4. The maximum atomic E-state index is 12.7. The Kier molecular flexibility index (Phi) is 6.18. The van der Waals surface area contributed by atoms with E-state index in [1.54, 1.807) is 13.0 Å². The number of nitrogens with zero attached hydrogens (tertiary/aromatic N) is 2. The SMILES string of the molecule is CC(=O)N(CC(=O)Nc1c(C(C)C)cccc1C(C)C)c1cc(C)on1. The van der Waals surface area contributed by atoms with E-state index in [9.17, 15) is 9.59 Å². The number of para-hydroxylation sites is 1. The van der Waals surface area contributed by atoms with Gasteiger partial charge in [0.25, 0.3) is 0 Å². The second-order valence-electron chi connectivity index (χ2n) is 7.07. The Hall–Kier alpha value is -2.63. The number of hydrogen-bond donors (Lipinski definition) is 1. The van der Waals surface area contributed by atoms with Crippen LogP contribution in [0.4, 0.5) is 11.5 Å². The largest absolute Gasteiger partial charge is 0.360 e. The van der Waals surface area contributed by atoms with Gasteiger partial charge in [-0.1, -0.05) is 51.1 Å². The highest BCUT2D eigenvalue weighted by Crippen LogP contribution is 2.32. The standard InChI is InChI=1S/C20H27N3O3/c1-12(2)16-8-7-9-17(13(3)4)20(16)21-19(25)11-23(15(6)24)18-10-14(5)26-22-18/h7-10,12-13H,11H2,1-6H3,(H,21,25). The highest BCUT2D eigenvalue weighted by Gasteiger charge is 2.21. The summed E-state index contributed by atoms with van der Waals surface area (Å²) in [6, 6.07) is 7.70. The Morgan fingerprint density at radius 2 is 1.73 bits per heavy atom. The van der Waals surface area contributed by atoms with Crippen LogP contribution in [0.5, 0.6) is 0 Å². The highest BCUT2D eigenvalue weighted by molar-refractivity contribution is 6.02. The zero-order valence-electron chi connectivity index (χ0n) is 16.3. The first-order chi connectivity index (χ1) is 12.2. The molecule has 26 heavy (non-hydrogen) atoms. The lowest BCUT2D eigenvalue weighted by Gasteiger charge is -2.22. The topological polar surface area (TPSA) is 75.4 Å². The number of nitrogens with one attached hydrogen (secondary N) is 1. The third-order valence-corrected chi connectivity index (χ3v) is 4.21. The summed E-state index contributed by atoms with van der Waals surface area (Å²) in [6.45, 7) is 11.4. The van der Waals surface area contributed by atoms with E-state index in [0.717, 1.165) is 16.8 Å². The van der Waals surface area contributed by atoms with Crippen molar-refractivity contribution < 1.29 is 14.1 Å². The number of aryl methyl sites for hydroxylation is 1. The normalized spacial score (nSPS) is 11.1. The predicted molar refractivity (Wildman–Crippen MR) is 103 cm³/mol. The number of anilines is 2. The summed E-state index contributed by atoms with van der Waals surface area (Å²) in [5.41, 5.74) is 3.00. The van der Waals surface area contributed by atoms with Crippen LogP contribution in [0.15, 0.2) is 28.8 Å². The minimum Gasteiger partial charge on any atom is -0.360 e. The Morgan fingerprint density at radius 1 is 1.15 bits per heavy atom. The van der Waals surface area contributed by atoms with Crippen molar-refractivity contribution in [1.29, 1.82) is 0 Å². The van der Waals surface area contributed by atoms with Crippen LogP contribution in [0, 0.1) is 6.92 Å². The summed E-state index contributed by atoms with van der Waals surface area (Å²) in [4.78, 5) is 26.0. The van der Waals surface area contributed by atoms with E-state index in [1.807, 2.05) is 18.2 Å². The number of benzene rings is 1. The number of carbonyl (C=O) groups excluding carboxylic acids is 2. The summed E-state index contributed by atoms with van der Waals surface area (Å²) in [7, 11) is 0. The lowest BCUT2D eigenvalue weighted by Crippen LogP contribution is -2.37. The molecule has 0 unspecified atom stereocenters. The fourth-order valence-electron chi connectivity index (χ4n) is 2.85. The van der Waals surface area contributed by atoms with Crippen LogP contribution in [0.1, 0.15) is 63.3 Å². The fraction of sp³-hybridized carbons (Fsp3) is 0.450. The summed E-state index contributed by atoms with van der Waals surface area (Å²) < 4.78 is 5.02. The molecule has 0 saturated heterocycles. The molecule has 0 radical (unpaired) electrons. The highest BCUT2D eigenvalue weighted by atomic mass is 16.5. The van der Waals surface area contributed by atoms with Crippen molar-refractivity contribution in [3.63, 3.8) is 0 Å². The van der Waals surface area contributed by atoms with Gasteiger partial charge in [0.1, 0.15) is 12.3 Å². The number of hydrogen-bond acceptors (Lipinski definition) is 4. The Labute approximate surface area is 154 Å². The summed E-state index contributed by atoms with van der Waals surface area (Å²) in [6.07, 6.45) is 0. The third kappa shape index (κ3) is 4.50. The average Bonchev–Trinajstić information content (AvgIpc) is 2.98. The van der Waals surface area contributed by atoms with E-state index in [1.165, 1.54) is 11.8 Å². The summed E-state index contributed by atoms with van der Waals surface area (Å²) >= 11 is 0. The van der Waals surface area contributed by atoms with Crippen molar-refractivity contribution in [2.75, 3.05) is 16.8 Å². The first kappa shape index (κ1) is 19.7. The molecule has 1 aromatic carbocycles. The van der Waals surface area contributed by atoms with Gasteiger partial charge in [0.15, 0.2) is 5.82 Å². The molecule has 6 nitrogen and oxygen atoms in total. The Bertz CT molecular complexity index is 767. The molecule has 1 N–H and O–H groups in total. The smallest absolute Gasteiger partial charge is 0.244 e. The van der Waals surface area contributed by atoms with Crippen molar-refractivity contribution in [3.8, 4) is 0 Å². The number of aromatic nitrogens is 1. The third-order valence-electron chi connectivity index (χ3n) is 4.21. The number of rotatable bonds is 6. The van der Waals surface area contributed by atoms with E-state index in [2.05, 4.69) is 38.2 Å². The molecular weight excluding hydrogens is 330 g/mol. The fourth-order valence-corrected chi connectivity index (χ4v) is 2.85. The quantitative estimate of drug-likeness (QED) is 0.840. The molecule has 2 amide bonds. The summed E-state index contributed by atoms with van der Waals surface area (Å²) in [5.74, 6) is 0.924. The first-order valence-electron chi connectivity index (χ1n) is 8.84. The van der Waals surface area contributed by atoms with Gasteiger partial charge in [0.05, 0.1) is 0 Å². The van der Waals surface area contributed by atoms with Crippen molar-refractivity contribution in [3.05, 3.63) is 41.2 Å². The molecule has 0 spiro atoms. The molecule has 0 bridgehead atoms. The lowest BCUT2D eigenvalue weighted by atomic mass is 9.92. The minimum atomic E-state index is -0.269. The average molecular weight is 357 g/mol. The predicted octanol–water partition coefficient (Wildman–Crippen LogP) is 4.22. The number of amides is 2. The molecule has 2 aromatic rings. The first-order valence-corrected chi connectivity index (χ1v) is 8.84. The van der Waals surface area contributed by atoms with Gasteiger partial charge < -0.3 is 9.84 Å². The zero-order valence-corrected chi connectivity index (χ0v) is 16.3. The molecule has 0 aliphatic carbocycles. The van der Waals surface area contributed by atoms with Gasteiger partial charge in [-0.25, -0.2) is 0 Å². The molecule has 1 aromatic heterocycles. The minimum absolute atomic E-state index is 0.120. The second kappa shape index (κ2) is 8.17. The molecule has 1 heterocycles. The Morgan fingerprint density at radius 3 is 2.15 bits per heavy atom. The van der Waals surface area contributed by atoms with Gasteiger partial charge >= 0.3 is 0 Å². The molecule has 6 heteroatoms. The molecule has 140 valence electrons. The maximum absolute atomic E-state index is 12.7. The van der Waals surface area contributed by atoms with Gasteiger partial charge in [-0.2, -0.15) is 0 Å². The van der Waals surface area contributed by atoms with Gasteiger partial charge in [-0.05, 0) is 29.9 Å². The van der Waals surface area contributed by atoms with Crippen LogP contribution in [0.25, 0.3) is 0 Å². The maximum Gasteiger partial charge on any atom is 0.244 e. The second-order valence-corrected chi connectivity index (χ2v) is 7.07. The number of carbonyl (C=O) groups is 2. The molecule has 0 fully saturated rings. The van der Waals surface area contributed by atoms with Crippen LogP contribution in [0.2, 0.25) is 0 Å².